The highest BCUT2D eigenvalue weighted by atomic mass is 16.6. The molecule has 1 atom stereocenters. The Hall–Kier alpha value is -4.97. The van der Waals surface area contributed by atoms with E-state index in [9.17, 15) is 14.4 Å². The van der Waals surface area contributed by atoms with E-state index in [1.54, 1.807) is 0 Å². The molecule has 0 fully saturated rings. The number of carbonyl (C=O) groups is 3. The molecule has 0 aliphatic carbocycles. The Morgan fingerprint density at radius 1 is 0.263 bits per heavy atom. The van der Waals surface area contributed by atoms with Gasteiger partial charge in [0, 0.05) is 19.3 Å². The highest BCUT2D eigenvalue weighted by Gasteiger charge is 2.19. The lowest BCUT2D eigenvalue weighted by atomic mass is 10.1. The average molecular weight is 1100 g/mol. The van der Waals surface area contributed by atoms with Gasteiger partial charge in [-0.15, -0.1) is 0 Å². The highest BCUT2D eigenvalue weighted by Crippen LogP contribution is 2.14. The number of carbonyl (C=O) groups excluding carboxylic acids is 3. The molecule has 0 aliphatic rings. The van der Waals surface area contributed by atoms with Crippen molar-refractivity contribution in [1.29, 1.82) is 0 Å². The summed E-state index contributed by atoms with van der Waals surface area (Å²) < 4.78 is 16.9. The molecule has 0 spiro atoms. The fourth-order valence-corrected chi connectivity index (χ4v) is 8.44. The van der Waals surface area contributed by atoms with Crippen LogP contribution < -0.4 is 0 Å². The zero-order valence-electron chi connectivity index (χ0n) is 51.5. The number of hydrogen-bond acceptors (Lipinski definition) is 6. The summed E-state index contributed by atoms with van der Waals surface area (Å²) >= 11 is 0. The van der Waals surface area contributed by atoms with Crippen molar-refractivity contribution in [3.63, 3.8) is 0 Å². The first-order valence-electron chi connectivity index (χ1n) is 32.5. The van der Waals surface area contributed by atoms with Gasteiger partial charge in [-0.2, -0.15) is 0 Å². The Kier molecular flexibility index (Phi) is 62.4. The van der Waals surface area contributed by atoms with Gasteiger partial charge in [-0.1, -0.05) is 262 Å². The SMILES string of the molecule is CC/C=C\C/C=C\C/C=C\C/C=C\C/C=C\C/C=C\C/C=C\C/C=C\CCCCCCC(=O)OCC(COC(=O)CCCCCCC/C=C\C/C=C\CCCCCC)OC(=O)CCCCCCCCC/C=C\C/C=C\C/C=C\CC. The molecule has 0 radical (unpaired) electrons. The summed E-state index contributed by atoms with van der Waals surface area (Å²) in [7, 11) is 0. The molecule has 0 rings (SSSR count). The summed E-state index contributed by atoms with van der Waals surface area (Å²) in [4.78, 5) is 38.3. The van der Waals surface area contributed by atoms with Crippen molar-refractivity contribution >= 4 is 17.9 Å². The largest absolute Gasteiger partial charge is 0.462 e. The Morgan fingerprint density at radius 3 is 0.762 bits per heavy atom. The highest BCUT2D eigenvalue weighted by molar-refractivity contribution is 5.71. The Morgan fingerprint density at radius 2 is 0.487 bits per heavy atom. The lowest BCUT2D eigenvalue weighted by Gasteiger charge is -2.18. The van der Waals surface area contributed by atoms with Crippen LogP contribution in [0, 0.1) is 0 Å². The van der Waals surface area contributed by atoms with Gasteiger partial charge in [0.15, 0.2) is 6.10 Å². The van der Waals surface area contributed by atoms with Crippen LogP contribution in [0.1, 0.15) is 271 Å². The molecule has 6 nitrogen and oxygen atoms in total. The number of ether oxygens (including phenoxy) is 3. The van der Waals surface area contributed by atoms with Crippen LogP contribution in [0.15, 0.2) is 158 Å². The quantitative estimate of drug-likeness (QED) is 0.0261. The molecule has 0 saturated heterocycles. The molecule has 0 bridgehead atoms. The molecule has 6 heteroatoms. The van der Waals surface area contributed by atoms with E-state index in [0.717, 1.165) is 180 Å². The number of esters is 3. The van der Waals surface area contributed by atoms with Crippen molar-refractivity contribution in [3.05, 3.63) is 158 Å². The Bertz CT molecular complexity index is 1790. The lowest BCUT2D eigenvalue weighted by molar-refractivity contribution is -0.167. The number of rotatable bonds is 57. The Balaban J connectivity index is 4.45. The minimum atomic E-state index is -0.809. The number of allylic oxidation sites excluding steroid dienone is 26. The molecule has 80 heavy (non-hydrogen) atoms. The first kappa shape index (κ1) is 75.0. The summed E-state index contributed by atoms with van der Waals surface area (Å²) in [6.07, 6.45) is 96.7. The van der Waals surface area contributed by atoms with Gasteiger partial charge in [-0.25, -0.2) is 0 Å². The molecule has 0 amide bonds. The molecule has 0 aromatic rings. The van der Waals surface area contributed by atoms with Gasteiger partial charge >= 0.3 is 17.9 Å². The second kappa shape index (κ2) is 66.5. The first-order chi connectivity index (χ1) is 39.5. The molecule has 0 aliphatic heterocycles. The van der Waals surface area contributed by atoms with Crippen LogP contribution in [0.2, 0.25) is 0 Å². The molecule has 0 saturated carbocycles. The van der Waals surface area contributed by atoms with Gasteiger partial charge in [0.25, 0.3) is 0 Å². The summed E-state index contributed by atoms with van der Waals surface area (Å²) in [5.41, 5.74) is 0. The smallest absolute Gasteiger partial charge is 0.306 e. The van der Waals surface area contributed by atoms with Crippen molar-refractivity contribution in [2.24, 2.45) is 0 Å². The molecule has 0 aromatic heterocycles. The standard InChI is InChI=1S/C74H118O6/c1-4-7-10-13-16-19-22-25-28-31-32-33-34-35-36-37-38-39-40-41-42-44-46-49-52-55-58-61-64-67-73(76)79-70-71(69-78-72(75)66-63-60-57-54-51-48-45-30-27-24-21-18-15-12-9-6-3)80-74(77)68-65-62-59-56-53-50-47-43-29-26-23-20-17-14-11-8-5-2/h7-8,10-11,16-17,19-21,24-26,28-30,32-33,35-36,38-39,41-42,45-46,49,71H,4-6,9,12-15,18,22-23,27,31,34,37,40,43-44,47-48,50-70H2,1-3H3/b10-7-,11-8-,19-16-,20-17-,24-21-,28-25-,29-26-,33-32-,36-35-,39-38-,42-41-,45-30-,49-46-. The molecular formula is C74H118O6. The van der Waals surface area contributed by atoms with Gasteiger partial charge in [0.2, 0.25) is 0 Å². The zero-order valence-corrected chi connectivity index (χ0v) is 51.5. The molecule has 1 unspecified atom stereocenters. The second-order valence-corrected chi connectivity index (χ2v) is 20.9. The van der Waals surface area contributed by atoms with E-state index in [4.69, 9.17) is 14.2 Å². The minimum Gasteiger partial charge on any atom is -0.462 e. The minimum absolute atomic E-state index is 0.104. The van der Waals surface area contributed by atoms with Crippen molar-refractivity contribution in [3.8, 4) is 0 Å². The van der Waals surface area contributed by atoms with Crippen LogP contribution in [-0.2, 0) is 28.6 Å². The van der Waals surface area contributed by atoms with E-state index in [-0.39, 0.29) is 31.1 Å². The summed E-state index contributed by atoms with van der Waals surface area (Å²) in [6, 6.07) is 0. The maximum atomic E-state index is 12.9. The van der Waals surface area contributed by atoms with E-state index in [1.807, 2.05) is 0 Å². The summed E-state index contributed by atoms with van der Waals surface area (Å²) in [6.45, 7) is 6.36. The average Bonchev–Trinajstić information content (AvgIpc) is 3.46. The van der Waals surface area contributed by atoms with Crippen LogP contribution in [0.25, 0.3) is 0 Å². The van der Waals surface area contributed by atoms with E-state index in [2.05, 4.69) is 179 Å². The van der Waals surface area contributed by atoms with E-state index in [1.165, 1.54) is 51.4 Å². The van der Waals surface area contributed by atoms with Gasteiger partial charge in [0.1, 0.15) is 13.2 Å². The van der Waals surface area contributed by atoms with Crippen LogP contribution in [0.5, 0.6) is 0 Å². The molecule has 450 valence electrons. The van der Waals surface area contributed by atoms with Gasteiger partial charge in [-0.3, -0.25) is 14.4 Å². The molecule has 0 heterocycles. The number of unbranched alkanes of at least 4 members (excludes halogenated alkanes) is 20. The lowest BCUT2D eigenvalue weighted by Crippen LogP contribution is -2.30. The summed E-state index contributed by atoms with van der Waals surface area (Å²) in [5, 5.41) is 0. The molecular weight excluding hydrogens is 985 g/mol. The summed E-state index contributed by atoms with van der Waals surface area (Å²) in [5.74, 6) is -0.954. The first-order valence-corrected chi connectivity index (χ1v) is 32.5. The fraction of sp³-hybridized carbons (Fsp3) is 0.608. The topological polar surface area (TPSA) is 78.9 Å². The fourth-order valence-electron chi connectivity index (χ4n) is 8.44. The van der Waals surface area contributed by atoms with E-state index >= 15 is 0 Å². The van der Waals surface area contributed by atoms with Crippen molar-refractivity contribution in [1.82, 2.24) is 0 Å². The second-order valence-electron chi connectivity index (χ2n) is 20.9. The maximum Gasteiger partial charge on any atom is 0.306 e. The monoisotopic (exact) mass is 1100 g/mol. The molecule has 0 aromatic carbocycles. The number of hydrogen-bond donors (Lipinski definition) is 0. The predicted molar refractivity (Wildman–Crippen MR) is 348 cm³/mol. The van der Waals surface area contributed by atoms with Crippen LogP contribution in [0.3, 0.4) is 0 Å². The van der Waals surface area contributed by atoms with Gasteiger partial charge < -0.3 is 14.2 Å². The van der Waals surface area contributed by atoms with Crippen molar-refractivity contribution < 1.29 is 28.6 Å². The normalized spacial score (nSPS) is 13.2. The third-order valence-corrected chi connectivity index (χ3v) is 13.2. The van der Waals surface area contributed by atoms with Crippen LogP contribution in [-0.4, -0.2) is 37.2 Å². The predicted octanol–water partition coefficient (Wildman–Crippen LogP) is 22.5. The van der Waals surface area contributed by atoms with Crippen LogP contribution >= 0.6 is 0 Å². The van der Waals surface area contributed by atoms with Crippen molar-refractivity contribution in [2.45, 2.75) is 277 Å². The van der Waals surface area contributed by atoms with Gasteiger partial charge in [-0.05, 0) is 148 Å². The molecule has 0 N–H and O–H groups in total. The Labute approximate surface area is 492 Å². The van der Waals surface area contributed by atoms with Crippen LogP contribution in [0.4, 0.5) is 0 Å². The van der Waals surface area contributed by atoms with Crippen molar-refractivity contribution in [2.75, 3.05) is 13.2 Å². The van der Waals surface area contributed by atoms with Gasteiger partial charge in [0.05, 0.1) is 0 Å². The third-order valence-electron chi connectivity index (χ3n) is 13.2. The van der Waals surface area contributed by atoms with E-state index in [0.29, 0.717) is 19.3 Å². The third kappa shape index (κ3) is 63.9. The zero-order chi connectivity index (χ0) is 57.8. The maximum absolute atomic E-state index is 12.9. The van der Waals surface area contributed by atoms with E-state index < -0.39 is 6.10 Å².